The smallest absolute Gasteiger partial charge is 0.409 e. The molecule has 1 aromatic heterocycles. The van der Waals surface area contributed by atoms with E-state index >= 15 is 0 Å². The Bertz CT molecular complexity index is 1050. The fraction of sp³-hybridized carbons (Fsp3) is 0.440. The summed E-state index contributed by atoms with van der Waals surface area (Å²) >= 11 is 0. The molecule has 4 rings (SSSR count). The van der Waals surface area contributed by atoms with Gasteiger partial charge in [-0.2, -0.15) is 0 Å². The average Bonchev–Trinajstić information content (AvgIpc) is 3.24. The molecule has 1 N–H and O–H groups in total. The summed E-state index contributed by atoms with van der Waals surface area (Å²) in [5, 5.41) is 3.22. The maximum Gasteiger partial charge on any atom is 0.409 e. The molecule has 8 nitrogen and oxygen atoms in total. The summed E-state index contributed by atoms with van der Waals surface area (Å²) in [5.74, 6) is 1.21. The Morgan fingerprint density at radius 3 is 2.61 bits per heavy atom. The lowest BCUT2D eigenvalue weighted by Gasteiger charge is -2.30. The van der Waals surface area contributed by atoms with E-state index in [1.54, 1.807) is 4.90 Å². The van der Waals surface area contributed by atoms with Gasteiger partial charge in [-0.1, -0.05) is 18.2 Å². The molecule has 1 amide bonds. The topological polar surface area (TPSA) is 86.1 Å². The molecule has 1 atom stereocenters. The van der Waals surface area contributed by atoms with Crippen molar-refractivity contribution in [1.29, 1.82) is 0 Å². The van der Waals surface area contributed by atoms with Gasteiger partial charge in [-0.15, -0.1) is 0 Å². The molecule has 33 heavy (non-hydrogen) atoms. The molecule has 0 saturated carbocycles. The molecule has 1 saturated heterocycles. The van der Waals surface area contributed by atoms with Crippen LogP contribution in [-0.4, -0.2) is 67.1 Å². The Morgan fingerprint density at radius 1 is 1.12 bits per heavy atom. The standard InChI is InChI=1S/C25H31N3O5/c1-25(2,3)33-20(17-31-24(29)28-13-11-26-12-14-28)16-30-19-9-10-22-21(15-19)27-23(32-22)18-7-5-4-6-8-18/h4-10,15,20,26H,11-14,16-17H2,1-3H3. The minimum absolute atomic E-state index is 0.115. The van der Waals surface area contributed by atoms with E-state index in [1.165, 1.54) is 0 Å². The number of oxazole rings is 1. The summed E-state index contributed by atoms with van der Waals surface area (Å²) in [4.78, 5) is 18.7. The number of carbonyl (C=O) groups excluding carboxylic acids is 1. The fourth-order valence-corrected chi connectivity index (χ4v) is 3.61. The lowest BCUT2D eigenvalue weighted by molar-refractivity contribution is -0.0980. The maximum absolute atomic E-state index is 12.4. The van der Waals surface area contributed by atoms with Crippen molar-refractivity contribution >= 4 is 17.2 Å². The first kappa shape index (κ1) is 23.1. The van der Waals surface area contributed by atoms with Crippen molar-refractivity contribution < 1.29 is 23.4 Å². The maximum atomic E-state index is 12.4. The zero-order valence-corrected chi connectivity index (χ0v) is 19.4. The van der Waals surface area contributed by atoms with Gasteiger partial charge in [0.15, 0.2) is 5.58 Å². The third-order valence-corrected chi connectivity index (χ3v) is 5.10. The van der Waals surface area contributed by atoms with Crippen LogP contribution in [0.4, 0.5) is 4.79 Å². The minimum atomic E-state index is -0.412. The van der Waals surface area contributed by atoms with Crippen LogP contribution in [-0.2, 0) is 9.47 Å². The van der Waals surface area contributed by atoms with Crippen molar-refractivity contribution in [3.63, 3.8) is 0 Å². The van der Waals surface area contributed by atoms with Crippen molar-refractivity contribution in [1.82, 2.24) is 15.2 Å². The van der Waals surface area contributed by atoms with E-state index < -0.39 is 11.7 Å². The number of nitrogens with zero attached hydrogens (tertiary/aromatic N) is 2. The molecule has 1 fully saturated rings. The highest BCUT2D eigenvalue weighted by Crippen LogP contribution is 2.27. The second-order valence-corrected chi connectivity index (χ2v) is 8.99. The van der Waals surface area contributed by atoms with E-state index in [4.69, 9.17) is 18.6 Å². The Morgan fingerprint density at radius 2 is 1.88 bits per heavy atom. The van der Waals surface area contributed by atoms with Crippen LogP contribution < -0.4 is 10.1 Å². The molecule has 8 heteroatoms. The van der Waals surface area contributed by atoms with Crippen LogP contribution in [0, 0.1) is 0 Å². The number of rotatable bonds is 7. The van der Waals surface area contributed by atoms with Gasteiger partial charge in [0, 0.05) is 37.8 Å². The molecule has 1 aliphatic rings. The van der Waals surface area contributed by atoms with Gasteiger partial charge >= 0.3 is 6.09 Å². The highest BCUT2D eigenvalue weighted by atomic mass is 16.6. The summed E-state index contributed by atoms with van der Waals surface area (Å²) in [6.45, 7) is 9.07. The van der Waals surface area contributed by atoms with Gasteiger partial charge in [0.25, 0.3) is 0 Å². The third kappa shape index (κ3) is 6.46. The summed E-state index contributed by atoms with van der Waals surface area (Å²) in [6.07, 6.45) is -0.735. The van der Waals surface area contributed by atoms with Gasteiger partial charge in [0.1, 0.15) is 30.6 Å². The molecule has 1 unspecified atom stereocenters. The molecular weight excluding hydrogens is 422 g/mol. The van der Waals surface area contributed by atoms with Gasteiger partial charge in [-0.25, -0.2) is 9.78 Å². The average molecular weight is 454 g/mol. The van der Waals surface area contributed by atoms with Crippen molar-refractivity contribution in [3.05, 3.63) is 48.5 Å². The van der Waals surface area contributed by atoms with Crippen LogP contribution in [0.3, 0.4) is 0 Å². The van der Waals surface area contributed by atoms with Gasteiger partial charge in [-0.3, -0.25) is 0 Å². The molecule has 176 valence electrons. The third-order valence-electron chi connectivity index (χ3n) is 5.10. The fourth-order valence-electron chi connectivity index (χ4n) is 3.61. The van der Waals surface area contributed by atoms with Gasteiger partial charge < -0.3 is 28.8 Å². The van der Waals surface area contributed by atoms with Crippen molar-refractivity contribution in [2.75, 3.05) is 39.4 Å². The van der Waals surface area contributed by atoms with Gasteiger partial charge in [-0.05, 0) is 45.0 Å². The van der Waals surface area contributed by atoms with Gasteiger partial charge in [0.2, 0.25) is 5.89 Å². The van der Waals surface area contributed by atoms with Crippen molar-refractivity contribution in [2.24, 2.45) is 0 Å². The van der Waals surface area contributed by atoms with Crippen LogP contribution in [0.5, 0.6) is 5.75 Å². The molecule has 2 aromatic carbocycles. The Hall–Kier alpha value is -3.10. The number of aromatic nitrogens is 1. The summed E-state index contributed by atoms with van der Waals surface area (Å²) in [7, 11) is 0. The van der Waals surface area contributed by atoms with E-state index in [9.17, 15) is 4.79 Å². The van der Waals surface area contributed by atoms with Crippen LogP contribution in [0.1, 0.15) is 20.8 Å². The highest BCUT2D eigenvalue weighted by Gasteiger charge is 2.24. The second kappa shape index (κ2) is 10.2. The minimum Gasteiger partial charge on any atom is -0.491 e. The number of ether oxygens (including phenoxy) is 3. The first-order chi connectivity index (χ1) is 15.9. The normalized spacial score (nSPS) is 15.4. The summed E-state index contributed by atoms with van der Waals surface area (Å²) < 4.78 is 23.5. The second-order valence-electron chi connectivity index (χ2n) is 8.99. The van der Waals surface area contributed by atoms with E-state index in [1.807, 2.05) is 69.3 Å². The van der Waals surface area contributed by atoms with Crippen LogP contribution in [0.25, 0.3) is 22.6 Å². The van der Waals surface area contributed by atoms with Crippen molar-refractivity contribution in [3.8, 4) is 17.2 Å². The molecular formula is C25H31N3O5. The predicted molar refractivity (Wildman–Crippen MR) is 125 cm³/mol. The number of hydrogen-bond acceptors (Lipinski definition) is 7. The number of benzene rings is 2. The zero-order chi connectivity index (χ0) is 23.3. The number of fused-ring (bicyclic) bond motifs is 1. The Labute approximate surface area is 193 Å². The summed E-state index contributed by atoms with van der Waals surface area (Å²) in [5.41, 5.74) is 1.91. The molecule has 0 spiro atoms. The molecule has 2 heterocycles. The van der Waals surface area contributed by atoms with Crippen LogP contribution in [0.15, 0.2) is 52.9 Å². The first-order valence-corrected chi connectivity index (χ1v) is 11.3. The number of hydrogen-bond donors (Lipinski definition) is 1. The largest absolute Gasteiger partial charge is 0.491 e. The molecule has 0 aliphatic carbocycles. The molecule has 1 aliphatic heterocycles. The van der Waals surface area contributed by atoms with Crippen molar-refractivity contribution in [2.45, 2.75) is 32.5 Å². The van der Waals surface area contributed by atoms with Gasteiger partial charge in [0.05, 0.1) is 5.60 Å². The highest BCUT2D eigenvalue weighted by molar-refractivity contribution is 5.77. The van der Waals surface area contributed by atoms with Crippen LogP contribution >= 0.6 is 0 Å². The van der Waals surface area contributed by atoms with E-state index in [2.05, 4.69) is 10.3 Å². The van der Waals surface area contributed by atoms with Crippen LogP contribution in [0.2, 0.25) is 0 Å². The Balaban J connectivity index is 1.39. The molecule has 0 bridgehead atoms. The lowest BCUT2D eigenvalue weighted by atomic mass is 10.2. The number of amides is 1. The monoisotopic (exact) mass is 453 g/mol. The number of piperazine rings is 1. The zero-order valence-electron chi connectivity index (χ0n) is 19.4. The Kier molecular flexibility index (Phi) is 7.15. The predicted octanol–water partition coefficient (Wildman–Crippen LogP) is 4.10. The number of nitrogens with one attached hydrogen (secondary N) is 1. The van der Waals surface area contributed by atoms with E-state index in [0.29, 0.717) is 35.8 Å². The summed E-state index contributed by atoms with van der Waals surface area (Å²) in [6, 6.07) is 15.3. The number of carbonyl (C=O) groups is 1. The SMILES string of the molecule is CC(C)(C)OC(COC(=O)N1CCNCC1)COc1ccc2oc(-c3ccccc3)nc2c1. The first-order valence-electron chi connectivity index (χ1n) is 11.3. The van der Waals surface area contributed by atoms with E-state index in [-0.39, 0.29) is 19.3 Å². The molecule has 0 radical (unpaired) electrons. The molecule has 3 aromatic rings. The lowest BCUT2D eigenvalue weighted by Crippen LogP contribution is -2.47. The van der Waals surface area contributed by atoms with E-state index in [0.717, 1.165) is 18.7 Å². The quantitative estimate of drug-likeness (QED) is 0.576.